The minimum absolute atomic E-state index is 0.430. The van der Waals surface area contributed by atoms with E-state index < -0.39 is 11.7 Å². The zero-order chi connectivity index (χ0) is 22.1. The highest BCUT2D eigenvalue weighted by Crippen LogP contribution is 2.23. The Morgan fingerprint density at radius 2 is 1.90 bits per heavy atom. The summed E-state index contributed by atoms with van der Waals surface area (Å²) in [5.74, 6) is 2.57. The Hall–Kier alpha value is -3.76. The number of hydrogen-bond donors (Lipinski definition) is 2. The van der Waals surface area contributed by atoms with Gasteiger partial charge in [-0.15, -0.1) is 6.42 Å². The van der Waals surface area contributed by atoms with Gasteiger partial charge in [0.25, 0.3) is 0 Å². The predicted molar refractivity (Wildman–Crippen MR) is 117 cm³/mol. The Balaban J connectivity index is 0.000000274. The molecule has 0 aliphatic heterocycles. The van der Waals surface area contributed by atoms with E-state index in [1.165, 1.54) is 0 Å². The van der Waals surface area contributed by atoms with E-state index in [4.69, 9.17) is 11.2 Å². The first kappa shape index (κ1) is 22.5. The topological polar surface area (TPSA) is 93.2 Å². The van der Waals surface area contributed by atoms with Crippen LogP contribution in [0, 0.1) is 12.3 Å². The molecule has 0 spiro atoms. The molecule has 3 aromatic rings. The number of ether oxygens (including phenoxy) is 1. The lowest BCUT2D eigenvalue weighted by Crippen LogP contribution is -2.38. The average molecular weight is 404 g/mol. The number of hydrogen-bond acceptors (Lipinski definition) is 6. The molecule has 0 aliphatic carbocycles. The molecule has 1 aromatic carbocycles. The Bertz CT molecular complexity index is 1060. The molecule has 7 nitrogen and oxygen atoms in total. The molecule has 0 atom stereocenters. The molecular weight excluding hydrogens is 380 g/mol. The van der Waals surface area contributed by atoms with E-state index in [1.54, 1.807) is 31.6 Å². The lowest BCUT2D eigenvalue weighted by atomic mass is 10.0. The van der Waals surface area contributed by atoms with Gasteiger partial charge in [-0.2, -0.15) is 0 Å². The summed E-state index contributed by atoms with van der Waals surface area (Å²) in [4.78, 5) is 30.5. The molecule has 154 valence electrons. The molecule has 3 rings (SSSR count). The van der Waals surface area contributed by atoms with Crippen molar-refractivity contribution in [2.24, 2.45) is 0 Å². The molecule has 2 N–H and O–H groups in total. The molecule has 30 heavy (non-hydrogen) atoms. The predicted octanol–water partition coefficient (Wildman–Crippen LogP) is 3.74. The number of rotatable bonds is 3. The standard InChI is InChI=1S/C17H10N2O.C6H14N2O2/c1-2-12-3-5-13(6-4-12)17-9-14(11-20)15-10-18-8-7-16(15)19-17;1-6(2,3)10-5(9)8-7-4/h1,3-11H;7H,1-4H3,(H,8,9). The summed E-state index contributed by atoms with van der Waals surface area (Å²) >= 11 is 0. The van der Waals surface area contributed by atoms with Crippen molar-refractivity contribution in [3.05, 3.63) is 59.9 Å². The monoisotopic (exact) mass is 404 g/mol. The van der Waals surface area contributed by atoms with Crippen molar-refractivity contribution < 1.29 is 14.3 Å². The van der Waals surface area contributed by atoms with Crippen molar-refractivity contribution in [3.8, 4) is 23.6 Å². The van der Waals surface area contributed by atoms with E-state index >= 15 is 0 Å². The Labute approximate surface area is 175 Å². The number of terminal acetylenes is 1. The van der Waals surface area contributed by atoms with Crippen molar-refractivity contribution >= 4 is 23.3 Å². The fraction of sp³-hybridized carbons (Fsp3) is 0.217. The van der Waals surface area contributed by atoms with Crippen LogP contribution in [0.3, 0.4) is 0 Å². The maximum absolute atomic E-state index is 11.2. The first-order valence-electron chi connectivity index (χ1n) is 9.20. The third-order valence-electron chi connectivity index (χ3n) is 3.74. The highest BCUT2D eigenvalue weighted by Gasteiger charge is 2.14. The number of aromatic nitrogens is 2. The van der Waals surface area contributed by atoms with Crippen LogP contribution >= 0.6 is 0 Å². The maximum atomic E-state index is 11.2. The van der Waals surface area contributed by atoms with Gasteiger partial charge in [-0.1, -0.05) is 18.1 Å². The van der Waals surface area contributed by atoms with Crippen LogP contribution in [0.5, 0.6) is 0 Å². The molecule has 0 saturated heterocycles. The van der Waals surface area contributed by atoms with Gasteiger partial charge in [0.2, 0.25) is 0 Å². The van der Waals surface area contributed by atoms with Gasteiger partial charge in [0.1, 0.15) is 5.60 Å². The molecule has 0 fully saturated rings. The number of pyridine rings is 2. The van der Waals surface area contributed by atoms with Crippen molar-refractivity contribution in [1.29, 1.82) is 0 Å². The van der Waals surface area contributed by atoms with Crippen LogP contribution in [0.1, 0.15) is 36.7 Å². The van der Waals surface area contributed by atoms with Crippen LogP contribution in [-0.2, 0) is 4.74 Å². The molecule has 7 heteroatoms. The third kappa shape index (κ3) is 6.40. The van der Waals surface area contributed by atoms with Gasteiger partial charge in [0, 0.05) is 41.5 Å². The van der Waals surface area contributed by atoms with Crippen molar-refractivity contribution in [1.82, 2.24) is 20.8 Å². The Kier molecular flexibility index (Phi) is 7.62. The second-order valence-electron chi connectivity index (χ2n) is 7.21. The lowest BCUT2D eigenvalue weighted by molar-refractivity contribution is 0.0504. The SMILES string of the molecule is C#Cc1ccc(-c2cc(C=O)c3cnccc3n2)cc1.CNNC(=O)OC(C)(C)C. The lowest BCUT2D eigenvalue weighted by Gasteiger charge is -2.19. The minimum Gasteiger partial charge on any atom is -0.443 e. The fourth-order valence-electron chi connectivity index (χ4n) is 2.48. The smallest absolute Gasteiger partial charge is 0.422 e. The van der Waals surface area contributed by atoms with Crippen molar-refractivity contribution in [3.63, 3.8) is 0 Å². The van der Waals surface area contributed by atoms with Crippen molar-refractivity contribution in [2.45, 2.75) is 26.4 Å². The number of carbonyl (C=O) groups excluding carboxylic acids is 2. The van der Waals surface area contributed by atoms with Crippen LogP contribution in [0.25, 0.3) is 22.2 Å². The van der Waals surface area contributed by atoms with E-state index in [2.05, 4.69) is 26.7 Å². The number of nitrogens with one attached hydrogen (secondary N) is 2. The second-order valence-corrected chi connectivity index (χ2v) is 7.21. The Morgan fingerprint density at radius 3 is 2.47 bits per heavy atom. The summed E-state index contributed by atoms with van der Waals surface area (Å²) < 4.78 is 4.87. The normalized spacial score (nSPS) is 10.4. The quantitative estimate of drug-likeness (QED) is 0.392. The van der Waals surface area contributed by atoms with E-state index in [1.807, 2.05) is 45.0 Å². The molecule has 0 saturated carbocycles. The Morgan fingerprint density at radius 1 is 1.20 bits per heavy atom. The van der Waals surface area contributed by atoms with Crippen LogP contribution < -0.4 is 10.9 Å². The van der Waals surface area contributed by atoms with Gasteiger partial charge in [0.15, 0.2) is 6.29 Å². The number of hydrazine groups is 1. The fourth-order valence-corrected chi connectivity index (χ4v) is 2.48. The van der Waals surface area contributed by atoms with Crippen molar-refractivity contribution in [2.75, 3.05) is 7.05 Å². The molecule has 1 amide bonds. The molecule has 2 heterocycles. The summed E-state index contributed by atoms with van der Waals surface area (Å²) in [6.07, 6.45) is 9.01. The highest BCUT2D eigenvalue weighted by atomic mass is 16.6. The van der Waals surface area contributed by atoms with Crippen LogP contribution in [0.15, 0.2) is 48.8 Å². The van der Waals surface area contributed by atoms with Gasteiger partial charge in [0.05, 0.1) is 11.2 Å². The maximum Gasteiger partial charge on any atom is 0.422 e. The minimum atomic E-state index is -0.463. The molecule has 0 radical (unpaired) electrons. The number of aldehydes is 1. The zero-order valence-electron chi connectivity index (χ0n) is 17.4. The summed E-state index contributed by atoms with van der Waals surface area (Å²) in [5.41, 5.74) is 8.14. The number of carbonyl (C=O) groups is 2. The number of benzene rings is 1. The molecule has 0 aliphatic rings. The zero-order valence-corrected chi connectivity index (χ0v) is 17.4. The first-order valence-corrected chi connectivity index (χ1v) is 9.20. The number of fused-ring (bicyclic) bond motifs is 1. The van der Waals surface area contributed by atoms with E-state index in [0.717, 1.165) is 34.0 Å². The molecule has 0 bridgehead atoms. The third-order valence-corrected chi connectivity index (χ3v) is 3.74. The molecule has 0 unspecified atom stereocenters. The number of nitrogens with zero attached hydrogens (tertiary/aromatic N) is 2. The van der Waals surface area contributed by atoms with Crippen LogP contribution in [-0.4, -0.2) is 35.0 Å². The van der Waals surface area contributed by atoms with Gasteiger partial charge in [-0.05, 0) is 45.0 Å². The summed E-state index contributed by atoms with van der Waals surface area (Å²) in [5, 5.41) is 0.756. The summed E-state index contributed by atoms with van der Waals surface area (Å²) in [6.45, 7) is 5.42. The summed E-state index contributed by atoms with van der Waals surface area (Å²) in [7, 11) is 1.60. The second kappa shape index (κ2) is 10.1. The van der Waals surface area contributed by atoms with Gasteiger partial charge < -0.3 is 4.74 Å². The average Bonchev–Trinajstić information content (AvgIpc) is 2.72. The van der Waals surface area contributed by atoms with E-state index in [0.29, 0.717) is 5.56 Å². The summed E-state index contributed by atoms with van der Waals surface area (Å²) in [6, 6.07) is 11.1. The van der Waals surface area contributed by atoms with E-state index in [-0.39, 0.29) is 0 Å². The van der Waals surface area contributed by atoms with Gasteiger partial charge in [-0.25, -0.2) is 15.2 Å². The molecule has 2 aromatic heterocycles. The number of amides is 1. The highest BCUT2D eigenvalue weighted by molar-refractivity contribution is 5.97. The van der Waals surface area contributed by atoms with Gasteiger partial charge >= 0.3 is 6.09 Å². The van der Waals surface area contributed by atoms with Crippen LogP contribution in [0.4, 0.5) is 4.79 Å². The largest absolute Gasteiger partial charge is 0.443 e. The molecular formula is C23H24N4O3. The van der Waals surface area contributed by atoms with E-state index in [9.17, 15) is 9.59 Å². The van der Waals surface area contributed by atoms with Crippen LogP contribution in [0.2, 0.25) is 0 Å². The first-order chi connectivity index (χ1) is 14.3. The van der Waals surface area contributed by atoms with Gasteiger partial charge in [-0.3, -0.25) is 15.2 Å².